The second-order valence-electron chi connectivity index (χ2n) is 4.59. The Balaban J connectivity index is 2.36. The smallest absolute Gasteiger partial charge is 0.161 e. The molecular formula is C14H17BrN4. The average Bonchev–Trinajstić information content (AvgIpc) is 2.38. The minimum atomic E-state index is 0.141. The summed E-state index contributed by atoms with van der Waals surface area (Å²) in [4.78, 5) is 13.2. The molecule has 0 bridgehead atoms. The topological polar surface area (TPSA) is 64.7 Å². The maximum absolute atomic E-state index is 5.99. The monoisotopic (exact) mass is 320 g/mol. The summed E-state index contributed by atoms with van der Waals surface area (Å²) in [5.41, 5.74) is 8.83. The molecule has 5 heteroatoms. The fourth-order valence-electron chi connectivity index (χ4n) is 1.81. The molecule has 19 heavy (non-hydrogen) atoms. The largest absolute Gasteiger partial charge is 0.327 e. The zero-order valence-corrected chi connectivity index (χ0v) is 12.7. The van der Waals surface area contributed by atoms with Crippen LogP contribution < -0.4 is 5.73 Å². The molecule has 0 aromatic carbocycles. The standard InChI is InChI=1S/C14H17BrN4/c1-3-12(16)6-13-4-9(2)18-14(19-13)10-5-11(15)8-17-7-10/h4-5,7-8,12H,3,6,16H2,1-2H3. The molecule has 0 spiro atoms. The predicted octanol–water partition coefficient (Wildman–Crippen LogP) is 2.89. The van der Waals surface area contributed by atoms with E-state index in [1.807, 2.05) is 19.1 Å². The highest BCUT2D eigenvalue weighted by molar-refractivity contribution is 9.10. The molecule has 4 nitrogen and oxygen atoms in total. The third kappa shape index (κ3) is 3.81. The van der Waals surface area contributed by atoms with Crippen LogP contribution in [-0.2, 0) is 6.42 Å². The number of aryl methyl sites for hydroxylation is 1. The van der Waals surface area contributed by atoms with Gasteiger partial charge in [0.05, 0.1) is 0 Å². The molecule has 2 heterocycles. The summed E-state index contributed by atoms with van der Waals surface area (Å²) in [6.45, 7) is 4.05. The Labute approximate surface area is 121 Å². The Bertz CT molecular complexity index is 571. The first kappa shape index (κ1) is 14.1. The van der Waals surface area contributed by atoms with Gasteiger partial charge in [0, 0.05) is 46.3 Å². The number of rotatable bonds is 4. The van der Waals surface area contributed by atoms with Crippen molar-refractivity contribution >= 4 is 15.9 Å². The third-order valence-corrected chi connectivity index (χ3v) is 3.30. The van der Waals surface area contributed by atoms with Crippen molar-refractivity contribution in [3.63, 3.8) is 0 Å². The Kier molecular flexibility index (Phi) is 4.61. The van der Waals surface area contributed by atoms with Crippen molar-refractivity contribution in [2.45, 2.75) is 32.7 Å². The Hall–Kier alpha value is -1.33. The van der Waals surface area contributed by atoms with Crippen LogP contribution in [0.1, 0.15) is 24.7 Å². The summed E-state index contributed by atoms with van der Waals surface area (Å²) in [5.74, 6) is 0.701. The number of halogens is 1. The van der Waals surface area contributed by atoms with Gasteiger partial charge in [-0.3, -0.25) is 4.98 Å². The number of nitrogens with zero attached hydrogens (tertiary/aromatic N) is 3. The molecule has 1 unspecified atom stereocenters. The first-order valence-electron chi connectivity index (χ1n) is 6.29. The van der Waals surface area contributed by atoms with E-state index in [4.69, 9.17) is 5.73 Å². The molecule has 100 valence electrons. The number of aromatic nitrogens is 3. The Morgan fingerprint density at radius 1 is 1.26 bits per heavy atom. The van der Waals surface area contributed by atoms with Crippen LogP contribution in [0.5, 0.6) is 0 Å². The molecule has 0 aliphatic heterocycles. The van der Waals surface area contributed by atoms with Crippen LogP contribution in [0.25, 0.3) is 11.4 Å². The number of nitrogens with two attached hydrogens (primary N) is 1. The van der Waals surface area contributed by atoms with Crippen molar-refractivity contribution < 1.29 is 0 Å². The lowest BCUT2D eigenvalue weighted by molar-refractivity contribution is 0.635. The van der Waals surface area contributed by atoms with Crippen molar-refractivity contribution in [1.82, 2.24) is 15.0 Å². The van der Waals surface area contributed by atoms with Crippen LogP contribution in [0.3, 0.4) is 0 Å². The van der Waals surface area contributed by atoms with Gasteiger partial charge in [-0.15, -0.1) is 0 Å². The quantitative estimate of drug-likeness (QED) is 0.940. The molecular weight excluding hydrogens is 304 g/mol. The van der Waals surface area contributed by atoms with Crippen LogP contribution in [0, 0.1) is 6.92 Å². The highest BCUT2D eigenvalue weighted by Crippen LogP contribution is 2.19. The van der Waals surface area contributed by atoms with E-state index in [1.54, 1.807) is 12.4 Å². The van der Waals surface area contributed by atoms with Crippen LogP contribution >= 0.6 is 15.9 Å². The minimum Gasteiger partial charge on any atom is -0.327 e. The lowest BCUT2D eigenvalue weighted by atomic mass is 10.1. The highest BCUT2D eigenvalue weighted by Gasteiger charge is 2.08. The molecule has 0 amide bonds. The van der Waals surface area contributed by atoms with E-state index in [1.165, 1.54) is 0 Å². The van der Waals surface area contributed by atoms with Gasteiger partial charge in [-0.05, 0) is 41.4 Å². The molecule has 2 N–H and O–H groups in total. The van der Waals surface area contributed by atoms with E-state index in [-0.39, 0.29) is 6.04 Å². The van der Waals surface area contributed by atoms with Gasteiger partial charge in [-0.2, -0.15) is 0 Å². The van der Waals surface area contributed by atoms with Gasteiger partial charge in [0.1, 0.15) is 0 Å². The summed E-state index contributed by atoms with van der Waals surface area (Å²) in [5, 5.41) is 0. The number of pyridine rings is 1. The predicted molar refractivity (Wildman–Crippen MR) is 79.7 cm³/mol. The van der Waals surface area contributed by atoms with E-state index in [2.05, 4.69) is 37.8 Å². The summed E-state index contributed by atoms with van der Waals surface area (Å²) in [6.07, 6.45) is 5.22. The summed E-state index contributed by atoms with van der Waals surface area (Å²) >= 11 is 3.41. The van der Waals surface area contributed by atoms with Crippen molar-refractivity contribution in [2.24, 2.45) is 5.73 Å². The molecule has 0 fully saturated rings. The van der Waals surface area contributed by atoms with E-state index in [0.29, 0.717) is 5.82 Å². The van der Waals surface area contributed by atoms with Crippen molar-refractivity contribution in [2.75, 3.05) is 0 Å². The van der Waals surface area contributed by atoms with Crippen LogP contribution in [-0.4, -0.2) is 21.0 Å². The molecule has 0 aliphatic rings. The fraction of sp³-hybridized carbons (Fsp3) is 0.357. The molecule has 1 atom stereocenters. The van der Waals surface area contributed by atoms with Crippen molar-refractivity contribution in [3.05, 3.63) is 40.4 Å². The van der Waals surface area contributed by atoms with Gasteiger partial charge >= 0.3 is 0 Å². The SMILES string of the molecule is CCC(N)Cc1cc(C)nc(-c2cncc(Br)c2)n1. The molecule has 0 aliphatic carbocycles. The first-order chi connectivity index (χ1) is 9.08. The van der Waals surface area contributed by atoms with Gasteiger partial charge in [0.25, 0.3) is 0 Å². The summed E-state index contributed by atoms with van der Waals surface area (Å²) in [7, 11) is 0. The fourth-order valence-corrected chi connectivity index (χ4v) is 2.18. The van der Waals surface area contributed by atoms with E-state index in [0.717, 1.165) is 34.3 Å². The maximum Gasteiger partial charge on any atom is 0.161 e. The lowest BCUT2D eigenvalue weighted by Gasteiger charge is -2.10. The summed E-state index contributed by atoms with van der Waals surface area (Å²) < 4.78 is 0.918. The zero-order valence-electron chi connectivity index (χ0n) is 11.1. The summed E-state index contributed by atoms with van der Waals surface area (Å²) in [6, 6.07) is 4.10. The normalized spacial score (nSPS) is 12.4. The Morgan fingerprint density at radius 3 is 2.74 bits per heavy atom. The zero-order chi connectivity index (χ0) is 13.8. The molecule has 0 saturated heterocycles. The minimum absolute atomic E-state index is 0.141. The van der Waals surface area contributed by atoms with Gasteiger partial charge in [-0.1, -0.05) is 6.92 Å². The van der Waals surface area contributed by atoms with Crippen LogP contribution in [0.2, 0.25) is 0 Å². The third-order valence-electron chi connectivity index (χ3n) is 2.87. The van der Waals surface area contributed by atoms with Gasteiger partial charge in [0.2, 0.25) is 0 Å². The molecule has 0 radical (unpaired) electrons. The maximum atomic E-state index is 5.99. The molecule has 2 rings (SSSR count). The van der Waals surface area contributed by atoms with E-state index < -0.39 is 0 Å². The second kappa shape index (κ2) is 6.21. The van der Waals surface area contributed by atoms with E-state index in [9.17, 15) is 0 Å². The van der Waals surface area contributed by atoms with Crippen molar-refractivity contribution in [3.8, 4) is 11.4 Å². The number of hydrogen-bond donors (Lipinski definition) is 1. The van der Waals surface area contributed by atoms with Crippen LogP contribution in [0.4, 0.5) is 0 Å². The first-order valence-corrected chi connectivity index (χ1v) is 7.09. The second-order valence-corrected chi connectivity index (χ2v) is 5.50. The highest BCUT2D eigenvalue weighted by atomic mass is 79.9. The lowest BCUT2D eigenvalue weighted by Crippen LogP contribution is -2.22. The Morgan fingerprint density at radius 2 is 2.05 bits per heavy atom. The number of hydrogen-bond acceptors (Lipinski definition) is 4. The average molecular weight is 321 g/mol. The molecule has 0 saturated carbocycles. The van der Waals surface area contributed by atoms with Gasteiger partial charge in [-0.25, -0.2) is 9.97 Å². The molecule has 2 aromatic heterocycles. The van der Waals surface area contributed by atoms with Gasteiger partial charge < -0.3 is 5.73 Å². The van der Waals surface area contributed by atoms with Crippen molar-refractivity contribution in [1.29, 1.82) is 0 Å². The van der Waals surface area contributed by atoms with E-state index >= 15 is 0 Å². The van der Waals surface area contributed by atoms with Gasteiger partial charge in [0.15, 0.2) is 5.82 Å². The molecule has 2 aromatic rings. The van der Waals surface area contributed by atoms with Crippen LogP contribution in [0.15, 0.2) is 29.0 Å².